The number of nitrogens with two attached hydrogens (primary N) is 1. The number of benzene rings is 1. The highest BCUT2D eigenvalue weighted by molar-refractivity contribution is 5.85. The van der Waals surface area contributed by atoms with Crippen molar-refractivity contribution in [3.05, 3.63) is 23.8 Å². The van der Waals surface area contributed by atoms with Crippen LogP contribution in [0.4, 0.5) is 19.3 Å². The van der Waals surface area contributed by atoms with E-state index in [4.69, 9.17) is 15.2 Å². The van der Waals surface area contributed by atoms with Gasteiger partial charge in [-0.3, -0.25) is 5.32 Å². The van der Waals surface area contributed by atoms with Crippen LogP contribution in [0.15, 0.2) is 18.2 Å². The van der Waals surface area contributed by atoms with Crippen LogP contribution in [0.3, 0.4) is 0 Å². The van der Waals surface area contributed by atoms with Gasteiger partial charge in [0.15, 0.2) is 0 Å². The topological polar surface area (TPSA) is 73.6 Å². The van der Waals surface area contributed by atoms with Gasteiger partial charge in [0.1, 0.15) is 11.4 Å². The van der Waals surface area contributed by atoms with Gasteiger partial charge in [0.05, 0.1) is 13.7 Å². The van der Waals surface area contributed by atoms with Crippen LogP contribution in [0.5, 0.6) is 5.75 Å². The van der Waals surface area contributed by atoms with E-state index in [0.717, 1.165) is 0 Å². The third-order valence-electron chi connectivity index (χ3n) is 2.68. The first-order valence-electron chi connectivity index (χ1n) is 6.81. The van der Waals surface area contributed by atoms with Crippen LogP contribution >= 0.6 is 0 Å². The molecule has 0 aliphatic rings. The number of carbonyl (C=O) groups excluding carboxylic acids is 1. The van der Waals surface area contributed by atoms with Gasteiger partial charge in [-0.2, -0.15) is 0 Å². The van der Waals surface area contributed by atoms with E-state index in [2.05, 4.69) is 5.32 Å². The maximum Gasteiger partial charge on any atom is 0.412 e. The van der Waals surface area contributed by atoms with Crippen LogP contribution in [-0.4, -0.2) is 31.3 Å². The first-order chi connectivity index (χ1) is 10.1. The molecule has 0 unspecified atom stereocenters. The van der Waals surface area contributed by atoms with Gasteiger partial charge in [0.25, 0.3) is 5.92 Å². The highest BCUT2D eigenvalue weighted by Gasteiger charge is 2.28. The average Bonchev–Trinajstić information content (AvgIpc) is 2.38. The summed E-state index contributed by atoms with van der Waals surface area (Å²) in [6.45, 7) is 4.48. The Balaban J connectivity index is 2.87. The van der Waals surface area contributed by atoms with Gasteiger partial charge in [-0.15, -0.1) is 0 Å². The number of carbonyl (C=O) groups is 1. The van der Waals surface area contributed by atoms with Crippen molar-refractivity contribution in [3.63, 3.8) is 0 Å². The number of hydrogen-bond acceptors (Lipinski definition) is 4. The molecule has 22 heavy (non-hydrogen) atoms. The summed E-state index contributed by atoms with van der Waals surface area (Å²) in [7, 11) is 1.37. The van der Waals surface area contributed by atoms with E-state index in [1.165, 1.54) is 25.3 Å². The smallest absolute Gasteiger partial charge is 0.412 e. The fourth-order valence-electron chi connectivity index (χ4n) is 1.74. The van der Waals surface area contributed by atoms with E-state index >= 15 is 0 Å². The molecular weight excluding hydrogens is 294 g/mol. The summed E-state index contributed by atoms with van der Waals surface area (Å²) in [5.74, 6) is -2.75. The Kier molecular flexibility index (Phi) is 5.71. The Morgan fingerprint density at radius 2 is 1.95 bits per heavy atom. The quantitative estimate of drug-likeness (QED) is 0.875. The van der Waals surface area contributed by atoms with Crippen LogP contribution in [0.1, 0.15) is 26.3 Å². The molecule has 1 amide bonds. The zero-order valence-corrected chi connectivity index (χ0v) is 13.2. The van der Waals surface area contributed by atoms with Crippen LogP contribution in [0, 0.1) is 0 Å². The molecule has 1 aromatic carbocycles. The highest BCUT2D eigenvalue weighted by Crippen LogP contribution is 2.29. The largest absolute Gasteiger partial charge is 0.496 e. The van der Waals surface area contributed by atoms with Gasteiger partial charge < -0.3 is 15.2 Å². The van der Waals surface area contributed by atoms with E-state index in [1.807, 2.05) is 0 Å². The van der Waals surface area contributed by atoms with Crippen molar-refractivity contribution in [1.29, 1.82) is 0 Å². The number of hydrogen-bond donors (Lipinski definition) is 2. The molecule has 0 fully saturated rings. The number of anilines is 1. The monoisotopic (exact) mass is 316 g/mol. The fourth-order valence-corrected chi connectivity index (χ4v) is 1.74. The number of rotatable bonds is 5. The van der Waals surface area contributed by atoms with Gasteiger partial charge in [-0.1, -0.05) is 6.07 Å². The van der Waals surface area contributed by atoms with Gasteiger partial charge in [0.2, 0.25) is 0 Å². The summed E-state index contributed by atoms with van der Waals surface area (Å²) in [5.41, 5.74) is 5.12. The predicted octanol–water partition coefficient (Wildman–Crippen LogP) is 3.18. The van der Waals surface area contributed by atoms with E-state index in [1.54, 1.807) is 20.8 Å². The summed E-state index contributed by atoms with van der Waals surface area (Å²) < 4.78 is 37.0. The highest BCUT2D eigenvalue weighted by atomic mass is 19.3. The van der Waals surface area contributed by atoms with Crippen LogP contribution in [0.25, 0.3) is 0 Å². The van der Waals surface area contributed by atoms with E-state index < -0.39 is 30.6 Å². The predicted molar refractivity (Wildman–Crippen MR) is 80.6 cm³/mol. The van der Waals surface area contributed by atoms with Crippen LogP contribution in [0.2, 0.25) is 0 Å². The molecule has 0 radical (unpaired) electrons. The standard InChI is InChI=1S/C15H22F2N2O3/c1-14(2,3)22-13(20)19-11-6-5-10(12(7-11)21-4)8-15(16,17)9-18/h5-7H,8-9,18H2,1-4H3,(H,19,20). The van der Waals surface area contributed by atoms with Crippen molar-refractivity contribution in [2.75, 3.05) is 19.0 Å². The number of amides is 1. The zero-order chi connectivity index (χ0) is 17.0. The lowest BCUT2D eigenvalue weighted by atomic mass is 10.1. The average molecular weight is 316 g/mol. The van der Waals surface area contributed by atoms with Crippen molar-refractivity contribution in [2.24, 2.45) is 5.73 Å². The second kappa shape index (κ2) is 6.91. The molecular formula is C15H22F2N2O3. The molecule has 3 N–H and O–H groups in total. The number of halogens is 2. The number of alkyl halides is 2. The van der Waals surface area contributed by atoms with E-state index in [0.29, 0.717) is 11.3 Å². The van der Waals surface area contributed by atoms with Gasteiger partial charge in [0, 0.05) is 23.7 Å². The first kappa shape index (κ1) is 18.2. The van der Waals surface area contributed by atoms with Crippen LogP contribution in [-0.2, 0) is 11.2 Å². The third kappa shape index (κ3) is 5.85. The van der Waals surface area contributed by atoms with Gasteiger partial charge in [-0.25, -0.2) is 13.6 Å². The minimum Gasteiger partial charge on any atom is -0.496 e. The third-order valence-corrected chi connectivity index (χ3v) is 2.68. The molecule has 1 aromatic rings. The summed E-state index contributed by atoms with van der Waals surface area (Å²) in [5, 5.41) is 2.52. The number of methoxy groups -OCH3 is 1. The molecule has 124 valence electrons. The summed E-state index contributed by atoms with van der Waals surface area (Å²) >= 11 is 0. The Morgan fingerprint density at radius 1 is 1.32 bits per heavy atom. The molecule has 0 atom stereocenters. The molecule has 0 aliphatic heterocycles. The first-order valence-corrected chi connectivity index (χ1v) is 6.81. The summed E-state index contributed by atoms with van der Waals surface area (Å²) in [6.07, 6.45) is -1.16. The number of ether oxygens (including phenoxy) is 2. The molecule has 0 heterocycles. The zero-order valence-electron chi connectivity index (χ0n) is 13.2. The Morgan fingerprint density at radius 3 is 2.45 bits per heavy atom. The van der Waals surface area contributed by atoms with Crippen molar-refractivity contribution < 1.29 is 23.0 Å². The van der Waals surface area contributed by atoms with Crippen molar-refractivity contribution in [3.8, 4) is 5.75 Å². The number of nitrogens with one attached hydrogen (secondary N) is 1. The van der Waals surface area contributed by atoms with Crippen LogP contribution < -0.4 is 15.8 Å². The molecule has 1 rings (SSSR count). The molecule has 0 saturated carbocycles. The maximum absolute atomic E-state index is 13.4. The Hall–Kier alpha value is -1.89. The molecule has 0 aromatic heterocycles. The van der Waals surface area contributed by atoms with Crippen molar-refractivity contribution in [2.45, 2.75) is 38.7 Å². The van der Waals surface area contributed by atoms with E-state index in [-0.39, 0.29) is 5.75 Å². The molecule has 7 heteroatoms. The SMILES string of the molecule is COc1cc(NC(=O)OC(C)(C)C)ccc1CC(F)(F)CN. The molecule has 0 aliphatic carbocycles. The van der Waals surface area contributed by atoms with Gasteiger partial charge in [-0.05, 0) is 26.8 Å². The summed E-state index contributed by atoms with van der Waals surface area (Å²) in [4.78, 5) is 11.7. The van der Waals surface area contributed by atoms with E-state index in [9.17, 15) is 13.6 Å². The maximum atomic E-state index is 13.4. The fraction of sp³-hybridized carbons (Fsp3) is 0.533. The second-order valence-corrected chi connectivity index (χ2v) is 5.89. The lowest BCUT2D eigenvalue weighted by Crippen LogP contribution is -2.30. The minimum absolute atomic E-state index is 0.252. The lowest BCUT2D eigenvalue weighted by molar-refractivity contribution is 0.0109. The Bertz CT molecular complexity index is 528. The van der Waals surface area contributed by atoms with Gasteiger partial charge >= 0.3 is 6.09 Å². The molecule has 0 spiro atoms. The molecule has 5 nitrogen and oxygen atoms in total. The minimum atomic E-state index is -3.01. The normalized spacial score (nSPS) is 12.0. The van der Waals surface area contributed by atoms with Crippen molar-refractivity contribution >= 4 is 11.8 Å². The lowest BCUT2D eigenvalue weighted by Gasteiger charge is -2.20. The molecule has 0 bridgehead atoms. The summed E-state index contributed by atoms with van der Waals surface area (Å²) in [6, 6.07) is 4.44. The van der Waals surface area contributed by atoms with Crippen molar-refractivity contribution in [1.82, 2.24) is 0 Å². The Labute approximate surface area is 128 Å². The molecule has 0 saturated heterocycles. The second-order valence-electron chi connectivity index (χ2n) is 5.89.